The fourth-order valence-electron chi connectivity index (χ4n) is 1.60. The molecule has 0 aromatic carbocycles. The zero-order valence-electron chi connectivity index (χ0n) is 8.53. The molecule has 15 heavy (non-hydrogen) atoms. The summed E-state index contributed by atoms with van der Waals surface area (Å²) < 4.78 is 1.48. The van der Waals surface area contributed by atoms with E-state index in [4.69, 9.17) is 5.11 Å². The van der Waals surface area contributed by atoms with Gasteiger partial charge < -0.3 is 10.1 Å². The molecule has 0 bridgehead atoms. The number of aryl methyl sites for hydroxylation is 1. The van der Waals surface area contributed by atoms with Crippen LogP contribution in [0.15, 0.2) is 17.2 Å². The average molecular weight is 207 g/mol. The lowest BCUT2D eigenvalue weighted by atomic mass is 10.1. The Hall–Kier alpha value is -1.62. The molecule has 5 nitrogen and oxygen atoms in total. The van der Waals surface area contributed by atoms with Crippen LogP contribution in [-0.2, 0) is 6.42 Å². The zero-order chi connectivity index (χ0) is 10.8. The molecule has 0 amide bonds. The highest BCUT2D eigenvalue weighted by Gasteiger charge is 2.07. The van der Waals surface area contributed by atoms with E-state index in [1.807, 2.05) is 0 Å². The standard InChI is InChI=1S/C10H13N3O2/c1-7-8(3-2-6-14)12-10-11-4-5-13(10)9(7)15/h4-5,14H,2-3,6H2,1H3,(H,11,12). The van der Waals surface area contributed by atoms with Crippen LogP contribution < -0.4 is 5.56 Å². The maximum absolute atomic E-state index is 11.8. The van der Waals surface area contributed by atoms with Gasteiger partial charge in [0, 0.05) is 30.3 Å². The quantitative estimate of drug-likeness (QED) is 0.758. The summed E-state index contributed by atoms with van der Waals surface area (Å²) in [6.45, 7) is 1.91. The van der Waals surface area contributed by atoms with Crippen LogP contribution in [0.2, 0.25) is 0 Å². The summed E-state index contributed by atoms with van der Waals surface area (Å²) in [5.41, 5.74) is 1.50. The molecule has 0 saturated heterocycles. The van der Waals surface area contributed by atoms with Gasteiger partial charge in [0.05, 0.1) is 0 Å². The van der Waals surface area contributed by atoms with Crippen molar-refractivity contribution in [3.8, 4) is 0 Å². The highest BCUT2D eigenvalue weighted by Crippen LogP contribution is 2.04. The second-order valence-electron chi connectivity index (χ2n) is 3.48. The second kappa shape index (κ2) is 3.86. The first-order chi connectivity index (χ1) is 7.24. The van der Waals surface area contributed by atoms with Gasteiger partial charge in [0.15, 0.2) is 0 Å². The lowest BCUT2D eigenvalue weighted by Crippen LogP contribution is -2.19. The normalized spacial score (nSPS) is 11.1. The smallest absolute Gasteiger partial charge is 0.262 e. The van der Waals surface area contributed by atoms with Crippen LogP contribution in [0.3, 0.4) is 0 Å². The summed E-state index contributed by atoms with van der Waals surface area (Å²) in [5, 5.41) is 8.75. The van der Waals surface area contributed by atoms with Crippen LogP contribution >= 0.6 is 0 Å². The van der Waals surface area contributed by atoms with Crippen molar-refractivity contribution in [1.29, 1.82) is 0 Å². The number of nitrogens with one attached hydrogen (secondary N) is 1. The van der Waals surface area contributed by atoms with Gasteiger partial charge in [-0.3, -0.25) is 9.20 Å². The number of nitrogens with zero attached hydrogens (tertiary/aromatic N) is 2. The lowest BCUT2D eigenvalue weighted by molar-refractivity contribution is 0.288. The minimum absolute atomic E-state index is 0.0470. The van der Waals surface area contributed by atoms with Crippen LogP contribution in [-0.4, -0.2) is 26.1 Å². The molecule has 2 N–H and O–H groups in total. The Morgan fingerprint density at radius 1 is 1.60 bits per heavy atom. The van der Waals surface area contributed by atoms with E-state index in [1.54, 1.807) is 19.3 Å². The molecular formula is C10H13N3O2. The Morgan fingerprint density at radius 2 is 2.40 bits per heavy atom. The first-order valence-electron chi connectivity index (χ1n) is 4.89. The Balaban J connectivity index is 2.55. The van der Waals surface area contributed by atoms with Crippen molar-refractivity contribution in [2.45, 2.75) is 19.8 Å². The molecule has 5 heteroatoms. The molecule has 0 unspecified atom stereocenters. The number of rotatable bonds is 3. The topological polar surface area (TPSA) is 70.4 Å². The predicted molar refractivity (Wildman–Crippen MR) is 56.0 cm³/mol. The average Bonchev–Trinajstić information content (AvgIpc) is 2.69. The van der Waals surface area contributed by atoms with Gasteiger partial charge in [0.1, 0.15) is 0 Å². The Labute approximate surface area is 86.4 Å². The Kier molecular flexibility index (Phi) is 2.55. The van der Waals surface area contributed by atoms with Crippen LogP contribution in [0.4, 0.5) is 0 Å². The molecule has 2 aromatic rings. The molecule has 0 spiro atoms. The third-order valence-corrected chi connectivity index (χ3v) is 2.48. The van der Waals surface area contributed by atoms with Gasteiger partial charge in [-0.2, -0.15) is 0 Å². The maximum Gasteiger partial charge on any atom is 0.262 e. The molecule has 0 radical (unpaired) electrons. The van der Waals surface area contributed by atoms with E-state index in [-0.39, 0.29) is 12.2 Å². The van der Waals surface area contributed by atoms with Crippen molar-refractivity contribution >= 4 is 5.78 Å². The highest BCUT2D eigenvalue weighted by molar-refractivity contribution is 5.32. The van der Waals surface area contributed by atoms with Gasteiger partial charge in [-0.05, 0) is 19.8 Å². The van der Waals surface area contributed by atoms with Gasteiger partial charge in [-0.15, -0.1) is 0 Å². The number of fused-ring (bicyclic) bond motifs is 1. The second-order valence-corrected chi connectivity index (χ2v) is 3.48. The third kappa shape index (κ3) is 1.66. The fraction of sp³-hybridized carbons (Fsp3) is 0.400. The minimum atomic E-state index is -0.0470. The van der Waals surface area contributed by atoms with E-state index in [1.165, 1.54) is 4.40 Å². The molecule has 2 aromatic heterocycles. The molecule has 0 aliphatic rings. The van der Waals surface area contributed by atoms with E-state index in [0.29, 0.717) is 24.2 Å². The van der Waals surface area contributed by atoms with Gasteiger partial charge in [-0.1, -0.05) is 0 Å². The van der Waals surface area contributed by atoms with Gasteiger partial charge >= 0.3 is 0 Å². The number of aromatic nitrogens is 3. The number of hydrogen-bond donors (Lipinski definition) is 2. The van der Waals surface area contributed by atoms with Gasteiger partial charge in [0.25, 0.3) is 5.56 Å². The number of imidazole rings is 1. The summed E-state index contributed by atoms with van der Waals surface area (Å²) in [5.74, 6) is 0.554. The first kappa shape index (κ1) is 9.92. The zero-order valence-corrected chi connectivity index (χ0v) is 8.53. The van der Waals surface area contributed by atoms with Crippen LogP contribution in [0.1, 0.15) is 17.7 Å². The van der Waals surface area contributed by atoms with Gasteiger partial charge in [0.2, 0.25) is 5.78 Å². The lowest BCUT2D eigenvalue weighted by Gasteiger charge is -2.05. The molecule has 0 saturated carbocycles. The summed E-state index contributed by atoms with van der Waals surface area (Å²) in [6, 6.07) is 0. The summed E-state index contributed by atoms with van der Waals surface area (Å²) in [7, 11) is 0. The molecule has 0 fully saturated rings. The van der Waals surface area contributed by atoms with Gasteiger partial charge in [-0.25, -0.2) is 4.98 Å². The van der Waals surface area contributed by atoms with Crippen LogP contribution in [0, 0.1) is 6.92 Å². The SMILES string of the molecule is Cc1c(CCCO)[nH]c2nccn2c1=O. The predicted octanol–water partition coefficient (Wildman–Crippen LogP) is 0.256. The largest absolute Gasteiger partial charge is 0.396 e. The highest BCUT2D eigenvalue weighted by atomic mass is 16.2. The molecule has 80 valence electrons. The van der Waals surface area contributed by atoms with E-state index in [9.17, 15) is 4.79 Å². The molecular weight excluding hydrogens is 194 g/mol. The van der Waals surface area contributed by atoms with Crippen molar-refractivity contribution in [3.63, 3.8) is 0 Å². The van der Waals surface area contributed by atoms with E-state index in [0.717, 1.165) is 5.69 Å². The molecule has 0 atom stereocenters. The van der Waals surface area contributed by atoms with Crippen molar-refractivity contribution in [2.75, 3.05) is 6.61 Å². The monoisotopic (exact) mass is 207 g/mol. The summed E-state index contributed by atoms with van der Waals surface area (Å²) in [6.07, 6.45) is 4.54. The summed E-state index contributed by atoms with van der Waals surface area (Å²) >= 11 is 0. The van der Waals surface area contributed by atoms with E-state index in [2.05, 4.69) is 9.97 Å². The van der Waals surface area contributed by atoms with Crippen LogP contribution in [0.25, 0.3) is 5.78 Å². The van der Waals surface area contributed by atoms with E-state index < -0.39 is 0 Å². The molecule has 2 heterocycles. The van der Waals surface area contributed by atoms with Crippen molar-refractivity contribution < 1.29 is 5.11 Å². The third-order valence-electron chi connectivity index (χ3n) is 2.48. The maximum atomic E-state index is 11.8. The van der Waals surface area contributed by atoms with Crippen LogP contribution in [0.5, 0.6) is 0 Å². The minimum Gasteiger partial charge on any atom is -0.396 e. The van der Waals surface area contributed by atoms with E-state index >= 15 is 0 Å². The fourth-order valence-corrected chi connectivity index (χ4v) is 1.60. The molecule has 0 aliphatic heterocycles. The molecule has 0 aliphatic carbocycles. The van der Waals surface area contributed by atoms with Crippen molar-refractivity contribution in [1.82, 2.24) is 14.4 Å². The number of hydrogen-bond acceptors (Lipinski definition) is 3. The van der Waals surface area contributed by atoms with Crippen molar-refractivity contribution in [3.05, 3.63) is 34.0 Å². The van der Waals surface area contributed by atoms with Crippen molar-refractivity contribution in [2.24, 2.45) is 0 Å². The Morgan fingerprint density at radius 3 is 3.13 bits per heavy atom. The Bertz CT molecular complexity index is 527. The number of H-pyrrole nitrogens is 1. The molecule has 2 rings (SSSR count). The number of aliphatic hydroxyl groups is 1. The number of aromatic amines is 1. The summed E-state index contributed by atoms with van der Waals surface area (Å²) in [4.78, 5) is 18.9. The number of aliphatic hydroxyl groups excluding tert-OH is 1. The first-order valence-corrected chi connectivity index (χ1v) is 4.89.